The second-order valence-electron chi connectivity index (χ2n) is 9.31. The first kappa shape index (κ1) is 22.9. The number of thiophene rings is 1. The lowest BCUT2D eigenvalue weighted by molar-refractivity contribution is 0.570. The van der Waals surface area contributed by atoms with Gasteiger partial charge in [-0.2, -0.15) is 0 Å². The molecule has 1 atom stereocenters. The van der Waals surface area contributed by atoms with E-state index in [1.54, 1.807) is 11.3 Å². The van der Waals surface area contributed by atoms with Crippen LogP contribution in [0, 0.1) is 6.92 Å². The molecule has 5 aromatic rings. The Hall–Kier alpha value is -3.26. The van der Waals surface area contributed by atoms with Crippen LogP contribution in [0.3, 0.4) is 0 Å². The Morgan fingerprint density at radius 1 is 1.05 bits per heavy atom. The van der Waals surface area contributed by atoms with Gasteiger partial charge in [-0.05, 0) is 72.2 Å². The number of halogens is 1. The Labute approximate surface area is 229 Å². The molecule has 0 spiro atoms. The monoisotopic (exact) mass is 584 g/mol. The highest BCUT2D eigenvalue weighted by molar-refractivity contribution is 9.10. The number of hydrogen-bond acceptors (Lipinski definition) is 5. The van der Waals surface area contributed by atoms with Gasteiger partial charge in [0.15, 0.2) is 4.80 Å². The Bertz CT molecular complexity index is 1890. The fourth-order valence-corrected chi connectivity index (χ4v) is 7.76. The Morgan fingerprint density at radius 3 is 2.78 bits per heavy atom. The maximum atomic E-state index is 13.8. The van der Waals surface area contributed by atoms with Crippen molar-refractivity contribution < 1.29 is 4.42 Å². The van der Waals surface area contributed by atoms with Crippen LogP contribution in [0.25, 0.3) is 23.1 Å². The molecular formula is C30H21BrN2O2S2. The van der Waals surface area contributed by atoms with E-state index in [9.17, 15) is 4.79 Å². The van der Waals surface area contributed by atoms with Gasteiger partial charge >= 0.3 is 0 Å². The van der Waals surface area contributed by atoms with Crippen molar-refractivity contribution in [3.63, 3.8) is 0 Å². The summed E-state index contributed by atoms with van der Waals surface area (Å²) in [6.07, 6.45) is 3.70. The van der Waals surface area contributed by atoms with Crippen LogP contribution in [0.15, 0.2) is 96.4 Å². The molecule has 4 nitrogen and oxygen atoms in total. The molecule has 0 amide bonds. The van der Waals surface area contributed by atoms with E-state index in [1.807, 2.05) is 28.8 Å². The SMILES string of the molecule is Cc1ccc(-c2ccc(/C=c3/sc4n(c3=O)[C@H](c3cccs3)C3=C(N=4)c4ccccc4CC3)o2)c(Br)c1. The van der Waals surface area contributed by atoms with Gasteiger partial charge in [0.2, 0.25) is 0 Å². The highest BCUT2D eigenvalue weighted by Crippen LogP contribution is 2.42. The molecule has 4 heterocycles. The van der Waals surface area contributed by atoms with Gasteiger partial charge in [0.05, 0.1) is 16.3 Å². The molecule has 182 valence electrons. The molecule has 0 saturated heterocycles. The molecule has 0 N–H and O–H groups in total. The van der Waals surface area contributed by atoms with E-state index in [0.717, 1.165) is 39.1 Å². The highest BCUT2D eigenvalue weighted by atomic mass is 79.9. The number of nitrogens with zero attached hydrogens (tertiary/aromatic N) is 2. The summed E-state index contributed by atoms with van der Waals surface area (Å²) in [4.78, 5) is 20.8. The fraction of sp³-hybridized carbons (Fsp3) is 0.133. The van der Waals surface area contributed by atoms with Crippen LogP contribution in [-0.4, -0.2) is 4.57 Å². The van der Waals surface area contributed by atoms with Gasteiger partial charge in [0.1, 0.15) is 11.5 Å². The van der Waals surface area contributed by atoms with E-state index >= 15 is 0 Å². The molecule has 0 fully saturated rings. The van der Waals surface area contributed by atoms with E-state index in [4.69, 9.17) is 9.41 Å². The maximum absolute atomic E-state index is 13.8. The lowest BCUT2D eigenvalue weighted by atomic mass is 9.85. The van der Waals surface area contributed by atoms with Crippen LogP contribution in [-0.2, 0) is 6.42 Å². The van der Waals surface area contributed by atoms with Crippen LogP contribution in [0.5, 0.6) is 0 Å². The van der Waals surface area contributed by atoms with Crippen molar-refractivity contribution in [3.8, 4) is 11.3 Å². The zero-order chi connectivity index (χ0) is 25.1. The van der Waals surface area contributed by atoms with E-state index in [-0.39, 0.29) is 11.6 Å². The minimum absolute atomic E-state index is 0.0259. The smallest absolute Gasteiger partial charge is 0.271 e. The second-order valence-corrected chi connectivity index (χ2v) is 12.2. The zero-order valence-electron chi connectivity index (χ0n) is 19.9. The number of aromatic nitrogens is 1. The molecule has 0 bridgehead atoms. The molecule has 1 aliphatic heterocycles. The van der Waals surface area contributed by atoms with Gasteiger partial charge in [-0.25, -0.2) is 4.99 Å². The summed E-state index contributed by atoms with van der Waals surface area (Å²) < 4.78 is 9.64. The number of benzene rings is 2. The minimum Gasteiger partial charge on any atom is -0.457 e. The molecule has 0 radical (unpaired) electrons. The standard InChI is InChI=1S/C30H21BrN2O2S2/c1-17-8-11-21(23(31)15-17)24-13-10-19(35-24)16-26-29(34)33-28(25-7-4-14-36-25)22-12-9-18-5-2-3-6-20(18)27(22)32-30(33)37-26/h2-8,10-11,13-16,28H,9,12H2,1H3/b26-16+/t28-/m0/s1. The number of aryl methyl sites for hydroxylation is 2. The number of allylic oxidation sites excluding steroid dienone is 1. The zero-order valence-corrected chi connectivity index (χ0v) is 23.1. The summed E-state index contributed by atoms with van der Waals surface area (Å²) in [7, 11) is 0. The molecule has 2 aromatic carbocycles. The summed E-state index contributed by atoms with van der Waals surface area (Å²) in [6, 6.07) is 22.6. The highest BCUT2D eigenvalue weighted by Gasteiger charge is 2.33. The number of hydrogen-bond donors (Lipinski definition) is 0. The van der Waals surface area contributed by atoms with Gasteiger partial charge in [0, 0.05) is 26.6 Å². The van der Waals surface area contributed by atoms with Crippen molar-refractivity contribution in [2.75, 3.05) is 0 Å². The molecule has 7 rings (SSSR count). The van der Waals surface area contributed by atoms with Gasteiger partial charge < -0.3 is 4.42 Å². The van der Waals surface area contributed by atoms with E-state index in [1.165, 1.54) is 38.5 Å². The lowest BCUT2D eigenvalue weighted by Crippen LogP contribution is -2.38. The molecule has 7 heteroatoms. The van der Waals surface area contributed by atoms with Crippen molar-refractivity contribution in [2.24, 2.45) is 4.99 Å². The summed E-state index contributed by atoms with van der Waals surface area (Å²) in [5, 5.41) is 2.08. The van der Waals surface area contributed by atoms with Crippen LogP contribution >= 0.6 is 38.6 Å². The number of thiazole rings is 1. The largest absolute Gasteiger partial charge is 0.457 e. The average Bonchev–Trinajstić information content (AvgIpc) is 3.65. The van der Waals surface area contributed by atoms with Crippen molar-refractivity contribution >= 4 is 50.4 Å². The molecule has 1 aliphatic carbocycles. The first-order chi connectivity index (χ1) is 18.1. The predicted molar refractivity (Wildman–Crippen MR) is 154 cm³/mol. The molecular weight excluding hydrogens is 564 g/mol. The van der Waals surface area contributed by atoms with Crippen molar-refractivity contribution in [1.29, 1.82) is 0 Å². The molecule has 0 saturated carbocycles. The number of fused-ring (bicyclic) bond motifs is 3. The third-order valence-electron chi connectivity index (χ3n) is 6.98. The molecule has 37 heavy (non-hydrogen) atoms. The van der Waals surface area contributed by atoms with Gasteiger partial charge in [-0.15, -0.1) is 11.3 Å². The van der Waals surface area contributed by atoms with Crippen molar-refractivity contribution in [2.45, 2.75) is 25.8 Å². The molecule has 3 aromatic heterocycles. The average molecular weight is 586 g/mol. The van der Waals surface area contributed by atoms with Gasteiger partial charge in [-0.1, -0.05) is 63.7 Å². The third-order valence-corrected chi connectivity index (χ3v) is 9.54. The number of furan rings is 1. The quantitative estimate of drug-likeness (QED) is 0.236. The Balaban J connectivity index is 1.38. The van der Waals surface area contributed by atoms with Crippen LogP contribution < -0.4 is 14.9 Å². The summed E-state index contributed by atoms with van der Waals surface area (Å²) in [5.41, 5.74) is 6.88. The topological polar surface area (TPSA) is 47.5 Å². The summed E-state index contributed by atoms with van der Waals surface area (Å²) >= 11 is 6.76. The van der Waals surface area contributed by atoms with Gasteiger partial charge in [-0.3, -0.25) is 9.36 Å². The van der Waals surface area contributed by atoms with Crippen LogP contribution in [0.2, 0.25) is 0 Å². The summed E-state index contributed by atoms with van der Waals surface area (Å²) in [6.45, 7) is 2.06. The Morgan fingerprint density at radius 2 is 1.95 bits per heavy atom. The van der Waals surface area contributed by atoms with Crippen molar-refractivity contribution in [3.05, 3.63) is 129 Å². The third kappa shape index (κ3) is 3.84. The van der Waals surface area contributed by atoms with E-state index in [0.29, 0.717) is 10.3 Å². The molecule has 2 aliphatic rings. The minimum atomic E-state index is -0.127. The Kier molecular flexibility index (Phi) is 5.53. The fourth-order valence-electron chi connectivity index (χ4n) is 5.24. The van der Waals surface area contributed by atoms with Crippen LogP contribution in [0.4, 0.5) is 0 Å². The summed E-state index contributed by atoms with van der Waals surface area (Å²) in [5.74, 6) is 1.41. The maximum Gasteiger partial charge on any atom is 0.271 e. The van der Waals surface area contributed by atoms with E-state index in [2.05, 4.69) is 76.8 Å². The molecule has 0 unspecified atom stereocenters. The van der Waals surface area contributed by atoms with Crippen LogP contribution in [0.1, 0.15) is 39.8 Å². The normalized spacial score (nSPS) is 16.8. The predicted octanol–water partition coefficient (Wildman–Crippen LogP) is 6.71. The lowest BCUT2D eigenvalue weighted by Gasteiger charge is -2.30. The number of rotatable bonds is 3. The first-order valence-electron chi connectivity index (χ1n) is 12.1. The van der Waals surface area contributed by atoms with Crippen molar-refractivity contribution in [1.82, 2.24) is 4.57 Å². The second kappa shape index (κ2) is 8.94. The van der Waals surface area contributed by atoms with E-state index < -0.39 is 0 Å². The van der Waals surface area contributed by atoms with Gasteiger partial charge in [0.25, 0.3) is 5.56 Å². The first-order valence-corrected chi connectivity index (χ1v) is 14.6.